The van der Waals surface area contributed by atoms with Crippen LogP contribution in [0.2, 0.25) is 0 Å². The molecule has 6 nitrogen and oxygen atoms in total. The largest absolute Gasteiger partial charge is 0.494 e. The van der Waals surface area contributed by atoms with Crippen LogP contribution in [-0.2, 0) is 10.2 Å². The van der Waals surface area contributed by atoms with Crippen molar-refractivity contribution in [3.63, 3.8) is 0 Å². The van der Waals surface area contributed by atoms with Gasteiger partial charge in [0.05, 0.1) is 6.61 Å². The van der Waals surface area contributed by atoms with E-state index in [-0.39, 0.29) is 22.3 Å². The standard InChI is InChI=1S/C29H31N3O3S/c1-5-35-25-17-6-20(7-18-25)8-19-26(33)32-28(36)31-24-15-13-23(14-16-24)30-27(34)21-9-11-22(12-10-21)29(2,3)4/h6-19H,5H2,1-4H3,(H,30,34)(H2,31,32,33,36)/b19-8+. The molecule has 186 valence electrons. The lowest BCUT2D eigenvalue weighted by molar-refractivity contribution is -0.115. The van der Waals surface area contributed by atoms with Crippen molar-refractivity contribution in [1.82, 2.24) is 5.32 Å². The highest BCUT2D eigenvalue weighted by atomic mass is 32.1. The van der Waals surface area contributed by atoms with Crippen molar-refractivity contribution >= 4 is 46.6 Å². The Labute approximate surface area is 217 Å². The number of ether oxygens (including phenoxy) is 1. The van der Waals surface area contributed by atoms with Gasteiger partial charge in [0, 0.05) is 23.0 Å². The van der Waals surface area contributed by atoms with Crippen molar-refractivity contribution in [3.05, 3.63) is 95.6 Å². The normalized spacial score (nSPS) is 11.1. The van der Waals surface area contributed by atoms with Gasteiger partial charge in [-0.25, -0.2) is 0 Å². The van der Waals surface area contributed by atoms with E-state index in [2.05, 4.69) is 36.7 Å². The van der Waals surface area contributed by atoms with Gasteiger partial charge in [0.2, 0.25) is 5.91 Å². The van der Waals surface area contributed by atoms with Crippen molar-refractivity contribution in [2.45, 2.75) is 33.1 Å². The Kier molecular flexibility index (Phi) is 8.97. The minimum Gasteiger partial charge on any atom is -0.494 e. The molecule has 3 aromatic carbocycles. The summed E-state index contributed by atoms with van der Waals surface area (Å²) in [4.78, 5) is 24.7. The first-order chi connectivity index (χ1) is 17.1. The predicted octanol–water partition coefficient (Wildman–Crippen LogP) is 6.16. The number of carbonyl (C=O) groups excluding carboxylic acids is 2. The van der Waals surface area contributed by atoms with Crippen molar-refractivity contribution in [1.29, 1.82) is 0 Å². The Balaban J connectivity index is 1.49. The summed E-state index contributed by atoms with van der Waals surface area (Å²) < 4.78 is 5.41. The maximum atomic E-state index is 12.6. The zero-order valence-corrected chi connectivity index (χ0v) is 21.7. The van der Waals surface area contributed by atoms with Crippen LogP contribution in [0.4, 0.5) is 11.4 Å². The molecular formula is C29H31N3O3S. The van der Waals surface area contributed by atoms with Crippen LogP contribution in [0, 0.1) is 0 Å². The number of amides is 2. The van der Waals surface area contributed by atoms with Crippen LogP contribution in [0.5, 0.6) is 5.75 Å². The van der Waals surface area contributed by atoms with Gasteiger partial charge in [-0.3, -0.25) is 14.9 Å². The van der Waals surface area contributed by atoms with Crippen molar-refractivity contribution < 1.29 is 14.3 Å². The van der Waals surface area contributed by atoms with E-state index in [0.29, 0.717) is 23.5 Å². The zero-order chi connectivity index (χ0) is 26.1. The zero-order valence-electron chi connectivity index (χ0n) is 20.9. The molecule has 7 heteroatoms. The first-order valence-electron chi connectivity index (χ1n) is 11.7. The summed E-state index contributed by atoms with van der Waals surface area (Å²) in [6, 6.07) is 22.1. The van der Waals surface area contributed by atoms with Crippen LogP contribution < -0.4 is 20.7 Å². The van der Waals surface area contributed by atoms with Gasteiger partial charge in [-0.05, 0) is 90.3 Å². The number of nitrogens with one attached hydrogen (secondary N) is 3. The van der Waals surface area contributed by atoms with E-state index in [0.717, 1.165) is 11.3 Å². The molecule has 0 radical (unpaired) electrons. The number of thiocarbonyl (C=S) groups is 1. The molecule has 0 saturated heterocycles. The van der Waals surface area contributed by atoms with Crippen molar-refractivity contribution in [2.75, 3.05) is 17.2 Å². The van der Waals surface area contributed by atoms with Crippen LogP contribution in [0.25, 0.3) is 6.08 Å². The Hall–Kier alpha value is -3.97. The second-order valence-corrected chi connectivity index (χ2v) is 9.55. The van der Waals surface area contributed by atoms with E-state index in [1.54, 1.807) is 30.3 Å². The fraction of sp³-hybridized carbons (Fsp3) is 0.207. The molecule has 0 saturated carbocycles. The number of hydrogen-bond acceptors (Lipinski definition) is 4. The van der Waals surface area contributed by atoms with Crippen molar-refractivity contribution in [2.24, 2.45) is 0 Å². The number of rotatable bonds is 7. The first-order valence-corrected chi connectivity index (χ1v) is 12.1. The van der Waals surface area contributed by atoms with E-state index >= 15 is 0 Å². The molecule has 0 aromatic heterocycles. The third kappa shape index (κ3) is 8.06. The van der Waals surface area contributed by atoms with Gasteiger partial charge < -0.3 is 15.4 Å². The van der Waals surface area contributed by atoms with Crippen LogP contribution in [-0.4, -0.2) is 23.5 Å². The van der Waals surface area contributed by atoms with Gasteiger partial charge in [-0.1, -0.05) is 45.0 Å². The number of benzene rings is 3. The van der Waals surface area contributed by atoms with Gasteiger partial charge >= 0.3 is 0 Å². The number of carbonyl (C=O) groups is 2. The molecule has 3 rings (SSSR count). The van der Waals surface area contributed by atoms with Gasteiger partial charge in [0.25, 0.3) is 5.91 Å². The van der Waals surface area contributed by atoms with Gasteiger partial charge in [0.15, 0.2) is 5.11 Å². The van der Waals surface area contributed by atoms with E-state index < -0.39 is 0 Å². The van der Waals surface area contributed by atoms with E-state index in [1.165, 1.54) is 11.6 Å². The minimum absolute atomic E-state index is 0.0321. The van der Waals surface area contributed by atoms with Crippen molar-refractivity contribution in [3.8, 4) is 5.75 Å². The lowest BCUT2D eigenvalue weighted by atomic mass is 9.87. The van der Waals surface area contributed by atoms with E-state index in [4.69, 9.17) is 17.0 Å². The highest BCUT2D eigenvalue weighted by Gasteiger charge is 2.14. The molecule has 0 bridgehead atoms. The number of anilines is 2. The Bertz CT molecular complexity index is 1230. The summed E-state index contributed by atoms with van der Waals surface area (Å²) in [5.41, 5.74) is 4.00. The van der Waals surface area contributed by atoms with E-state index in [9.17, 15) is 9.59 Å². The third-order valence-electron chi connectivity index (χ3n) is 5.27. The molecule has 0 unspecified atom stereocenters. The second-order valence-electron chi connectivity index (χ2n) is 9.14. The molecule has 2 amide bonds. The molecule has 0 aliphatic carbocycles. The summed E-state index contributed by atoms with van der Waals surface area (Å²) in [6.07, 6.45) is 3.11. The highest BCUT2D eigenvalue weighted by molar-refractivity contribution is 7.80. The molecule has 0 atom stereocenters. The smallest absolute Gasteiger partial charge is 0.255 e. The lowest BCUT2D eigenvalue weighted by Gasteiger charge is -2.19. The van der Waals surface area contributed by atoms with Gasteiger partial charge in [-0.15, -0.1) is 0 Å². The predicted molar refractivity (Wildman–Crippen MR) is 151 cm³/mol. The fourth-order valence-corrected chi connectivity index (χ4v) is 3.51. The molecule has 36 heavy (non-hydrogen) atoms. The van der Waals surface area contributed by atoms with Crippen LogP contribution in [0.15, 0.2) is 78.9 Å². The molecule has 0 aliphatic heterocycles. The highest BCUT2D eigenvalue weighted by Crippen LogP contribution is 2.22. The topological polar surface area (TPSA) is 79.5 Å². The lowest BCUT2D eigenvalue weighted by Crippen LogP contribution is -2.32. The minimum atomic E-state index is -0.345. The summed E-state index contributed by atoms with van der Waals surface area (Å²) in [5, 5.41) is 8.63. The fourth-order valence-electron chi connectivity index (χ4n) is 3.29. The van der Waals surface area contributed by atoms with Crippen LogP contribution in [0.1, 0.15) is 49.2 Å². The molecular weight excluding hydrogens is 470 g/mol. The molecule has 0 heterocycles. The monoisotopic (exact) mass is 501 g/mol. The maximum absolute atomic E-state index is 12.6. The summed E-state index contributed by atoms with van der Waals surface area (Å²) >= 11 is 5.23. The Morgan fingerprint density at radius 1 is 0.861 bits per heavy atom. The Morgan fingerprint density at radius 3 is 2.00 bits per heavy atom. The van der Waals surface area contributed by atoms with Gasteiger partial charge in [-0.2, -0.15) is 0 Å². The van der Waals surface area contributed by atoms with Crippen LogP contribution >= 0.6 is 12.2 Å². The Morgan fingerprint density at radius 2 is 1.44 bits per heavy atom. The maximum Gasteiger partial charge on any atom is 0.255 e. The molecule has 3 N–H and O–H groups in total. The van der Waals surface area contributed by atoms with E-state index in [1.807, 2.05) is 55.5 Å². The third-order valence-corrected chi connectivity index (χ3v) is 5.47. The van der Waals surface area contributed by atoms with Gasteiger partial charge in [0.1, 0.15) is 5.75 Å². The molecule has 0 fully saturated rings. The summed E-state index contributed by atoms with van der Waals surface area (Å²) in [5.74, 6) is 0.255. The molecule has 3 aromatic rings. The SMILES string of the molecule is CCOc1ccc(/C=C/C(=O)NC(=S)Nc2ccc(NC(=O)c3ccc(C(C)(C)C)cc3)cc2)cc1. The number of hydrogen-bond donors (Lipinski definition) is 3. The molecule has 0 spiro atoms. The quantitative estimate of drug-likeness (QED) is 0.267. The molecule has 0 aliphatic rings. The summed E-state index contributed by atoms with van der Waals surface area (Å²) in [6.45, 7) is 8.93. The summed E-state index contributed by atoms with van der Waals surface area (Å²) in [7, 11) is 0. The first kappa shape index (κ1) is 26.6. The second kappa shape index (κ2) is 12.1. The average Bonchev–Trinajstić information content (AvgIpc) is 2.84. The average molecular weight is 502 g/mol. The van der Waals surface area contributed by atoms with Crippen LogP contribution in [0.3, 0.4) is 0 Å².